The number of hydrogen-bond acceptors (Lipinski definition) is 6. The first-order chi connectivity index (χ1) is 13.1. The molecule has 0 spiro atoms. The summed E-state index contributed by atoms with van der Waals surface area (Å²) in [5, 5.41) is 35.7. The van der Waals surface area contributed by atoms with Crippen LogP contribution in [-0.2, 0) is 0 Å². The van der Waals surface area contributed by atoms with Gasteiger partial charge in [-0.05, 0) is 38.1 Å². The van der Waals surface area contributed by atoms with E-state index in [1.54, 1.807) is 13.0 Å². The molecule has 0 saturated carbocycles. The summed E-state index contributed by atoms with van der Waals surface area (Å²) in [5.74, 6) is -1.60. The lowest BCUT2D eigenvalue weighted by Gasteiger charge is -2.04. The molecule has 0 fully saturated rings. The van der Waals surface area contributed by atoms with Crippen LogP contribution in [0.2, 0.25) is 0 Å². The number of rotatable bonds is 2. The van der Waals surface area contributed by atoms with Crippen LogP contribution in [0.4, 0.5) is 0 Å². The highest BCUT2D eigenvalue weighted by Crippen LogP contribution is 2.36. The van der Waals surface area contributed by atoms with Crippen molar-refractivity contribution < 1.29 is 39.5 Å². The summed E-state index contributed by atoms with van der Waals surface area (Å²) in [5.41, 5.74) is 1.03. The Morgan fingerprint density at radius 2 is 1.43 bits per heavy atom. The van der Waals surface area contributed by atoms with Crippen LogP contribution in [-0.4, -0.2) is 44.5 Å². The van der Waals surface area contributed by atoms with Crippen molar-refractivity contribution in [2.45, 2.75) is 13.8 Å². The van der Waals surface area contributed by atoms with Gasteiger partial charge in [-0.25, -0.2) is 9.59 Å². The number of aromatic carboxylic acids is 2. The highest BCUT2D eigenvalue weighted by Gasteiger charge is 2.20. The molecule has 4 N–H and O–H groups in total. The van der Waals surface area contributed by atoms with Crippen LogP contribution in [0.15, 0.2) is 24.3 Å². The van der Waals surface area contributed by atoms with Crippen molar-refractivity contribution in [3.8, 4) is 23.0 Å². The third kappa shape index (κ3) is 5.58. The van der Waals surface area contributed by atoms with E-state index in [4.69, 9.17) is 53.1 Å². The van der Waals surface area contributed by atoms with Crippen molar-refractivity contribution in [3.63, 3.8) is 0 Å². The zero-order valence-electron chi connectivity index (χ0n) is 14.9. The van der Waals surface area contributed by atoms with E-state index in [1.807, 2.05) is 0 Å². The van der Waals surface area contributed by atoms with E-state index in [2.05, 4.69) is 0 Å². The largest absolute Gasteiger partial charge is 0.504 e. The third-order valence-electron chi connectivity index (χ3n) is 3.66. The summed E-state index contributed by atoms with van der Waals surface area (Å²) < 4.78 is 10.2. The Labute approximate surface area is 170 Å². The van der Waals surface area contributed by atoms with Crippen LogP contribution in [0.1, 0.15) is 31.8 Å². The van der Waals surface area contributed by atoms with Crippen molar-refractivity contribution in [3.05, 3.63) is 46.5 Å². The second-order valence-corrected chi connectivity index (χ2v) is 6.10. The molecule has 0 atom stereocenters. The number of carbonyl (C=O) groups is 2. The van der Waals surface area contributed by atoms with Crippen molar-refractivity contribution in [2.24, 2.45) is 0 Å². The molecule has 1 aliphatic rings. The zero-order valence-corrected chi connectivity index (χ0v) is 16.4. The zero-order chi connectivity index (χ0) is 21.4. The van der Waals surface area contributed by atoms with Crippen molar-refractivity contribution in [1.82, 2.24) is 0 Å². The Hall–Kier alpha value is -2.84. The SMILES string of the molecule is Cc1c(C(=O)O)ccc(O)c1O.Cc1c(C(=O)O)ccc2c1OCO2.ClCCl. The van der Waals surface area contributed by atoms with Crippen LogP contribution >= 0.6 is 23.2 Å². The fourth-order valence-electron chi connectivity index (χ4n) is 2.26. The number of fused-ring (bicyclic) bond motifs is 1. The van der Waals surface area contributed by atoms with Gasteiger partial charge in [0.15, 0.2) is 23.0 Å². The lowest BCUT2D eigenvalue weighted by molar-refractivity contribution is 0.0684. The van der Waals surface area contributed by atoms with Gasteiger partial charge in [-0.15, -0.1) is 23.2 Å². The molecule has 3 rings (SSSR count). The second-order valence-electron chi connectivity index (χ2n) is 5.29. The topological polar surface area (TPSA) is 134 Å². The molecule has 0 amide bonds. The minimum absolute atomic E-state index is 0.00898. The average molecular weight is 433 g/mol. The molecule has 0 aliphatic carbocycles. The van der Waals surface area contributed by atoms with Crippen molar-refractivity contribution >= 4 is 35.1 Å². The van der Waals surface area contributed by atoms with Crippen molar-refractivity contribution in [2.75, 3.05) is 12.1 Å². The predicted octanol–water partition coefficient (Wildman–Crippen LogP) is 3.95. The number of halogens is 2. The third-order valence-corrected chi connectivity index (χ3v) is 3.66. The van der Waals surface area contributed by atoms with E-state index in [1.165, 1.54) is 19.1 Å². The van der Waals surface area contributed by atoms with Crippen molar-refractivity contribution in [1.29, 1.82) is 0 Å². The van der Waals surface area contributed by atoms with Gasteiger partial charge in [0.2, 0.25) is 6.79 Å². The van der Waals surface area contributed by atoms with Gasteiger partial charge in [-0.1, -0.05) is 0 Å². The predicted molar refractivity (Wildman–Crippen MR) is 102 cm³/mol. The summed E-state index contributed by atoms with van der Waals surface area (Å²) >= 11 is 9.53. The number of phenolic OH excluding ortho intramolecular Hbond substituents is 2. The molecule has 10 heteroatoms. The number of phenols is 2. The molecule has 152 valence electrons. The minimum Gasteiger partial charge on any atom is -0.504 e. The molecule has 28 heavy (non-hydrogen) atoms. The number of aromatic hydroxyl groups is 2. The fraction of sp³-hybridized carbons (Fsp3) is 0.222. The first-order valence-corrected chi connectivity index (χ1v) is 8.71. The van der Waals surface area contributed by atoms with Gasteiger partial charge >= 0.3 is 11.9 Å². The van der Waals surface area contributed by atoms with Crippen LogP contribution in [0, 0.1) is 13.8 Å². The maximum absolute atomic E-state index is 10.7. The maximum Gasteiger partial charge on any atom is 0.336 e. The first kappa shape index (κ1) is 23.2. The molecule has 0 saturated heterocycles. The van der Waals surface area contributed by atoms with Gasteiger partial charge in [0.05, 0.1) is 16.5 Å². The molecule has 0 aromatic heterocycles. The average Bonchev–Trinajstić information content (AvgIpc) is 3.10. The Morgan fingerprint density at radius 3 is 1.96 bits per heavy atom. The summed E-state index contributed by atoms with van der Waals surface area (Å²) in [4.78, 5) is 21.2. The number of ether oxygens (including phenoxy) is 2. The van der Waals surface area contributed by atoms with Gasteiger partial charge in [0.1, 0.15) is 0 Å². The molecular formula is C18H18Cl2O8. The number of carboxylic acids is 2. The minimum atomic E-state index is -1.12. The van der Waals surface area contributed by atoms with Gasteiger partial charge < -0.3 is 29.9 Å². The Kier molecular flexibility index (Phi) is 8.69. The fourth-order valence-corrected chi connectivity index (χ4v) is 2.26. The standard InChI is InChI=1S/C9H8O4.C8H8O4.CH2Cl2/c1-5-6(9(10)11)2-3-7-8(5)13-4-12-7;1-4-5(8(11)12)2-3-6(9)7(4)10;2-1-3/h2-3H,4H2,1H3,(H,10,11);2-3,9-10H,1H3,(H,11,12);1H2. The molecule has 2 aromatic carbocycles. The highest BCUT2D eigenvalue weighted by atomic mass is 35.5. The quantitative estimate of drug-likeness (QED) is 0.413. The van der Waals surface area contributed by atoms with Crippen LogP contribution in [0.3, 0.4) is 0 Å². The van der Waals surface area contributed by atoms with Crippen LogP contribution in [0.5, 0.6) is 23.0 Å². The van der Waals surface area contributed by atoms with Crippen LogP contribution in [0.25, 0.3) is 0 Å². The van der Waals surface area contributed by atoms with Gasteiger partial charge in [0.25, 0.3) is 0 Å². The summed E-state index contributed by atoms with van der Waals surface area (Å²) in [6.07, 6.45) is 0. The lowest BCUT2D eigenvalue weighted by Crippen LogP contribution is -2.00. The van der Waals surface area contributed by atoms with E-state index in [9.17, 15) is 9.59 Å². The molecular weight excluding hydrogens is 415 g/mol. The Balaban J connectivity index is 0.000000247. The highest BCUT2D eigenvalue weighted by molar-refractivity contribution is 6.40. The summed E-state index contributed by atoms with van der Waals surface area (Å²) in [6.45, 7) is 3.30. The number of hydrogen-bond donors (Lipinski definition) is 4. The van der Waals surface area contributed by atoms with Gasteiger partial charge in [-0.2, -0.15) is 0 Å². The molecule has 0 unspecified atom stereocenters. The molecule has 0 bridgehead atoms. The second kappa shape index (κ2) is 10.5. The van der Waals surface area contributed by atoms with E-state index >= 15 is 0 Å². The molecule has 0 radical (unpaired) electrons. The smallest absolute Gasteiger partial charge is 0.336 e. The Morgan fingerprint density at radius 1 is 0.929 bits per heavy atom. The van der Waals surface area contributed by atoms with E-state index in [0.29, 0.717) is 17.1 Å². The van der Waals surface area contributed by atoms with E-state index < -0.39 is 11.9 Å². The molecule has 2 aromatic rings. The maximum atomic E-state index is 10.7. The molecule has 1 aliphatic heterocycles. The summed E-state index contributed by atoms with van der Waals surface area (Å²) in [6, 6.07) is 5.52. The van der Waals surface area contributed by atoms with Gasteiger partial charge in [0, 0.05) is 11.1 Å². The first-order valence-electron chi connectivity index (χ1n) is 7.64. The number of alkyl halides is 2. The Bertz CT molecular complexity index is 867. The normalized spacial score (nSPS) is 10.9. The molecule has 1 heterocycles. The lowest BCUT2D eigenvalue weighted by atomic mass is 10.1. The summed E-state index contributed by atoms with van der Waals surface area (Å²) in [7, 11) is 0. The van der Waals surface area contributed by atoms with E-state index in [-0.39, 0.29) is 40.3 Å². The van der Waals surface area contributed by atoms with Gasteiger partial charge in [-0.3, -0.25) is 0 Å². The monoisotopic (exact) mass is 432 g/mol. The van der Waals surface area contributed by atoms with Crippen LogP contribution < -0.4 is 9.47 Å². The number of benzene rings is 2. The van der Waals surface area contributed by atoms with E-state index in [0.717, 1.165) is 6.07 Å². The number of carboxylic acid groups (broad SMARTS) is 2. The molecule has 8 nitrogen and oxygen atoms in total.